The highest BCUT2D eigenvalue weighted by atomic mass is 28.4. The van der Waals surface area contributed by atoms with E-state index in [-0.39, 0.29) is 29.4 Å². The Kier molecular flexibility index (Phi) is 15.4. The fourth-order valence-electron chi connectivity index (χ4n) is 6.21. The maximum atomic E-state index is 13.8. The Bertz CT molecular complexity index is 1880. The van der Waals surface area contributed by atoms with Crippen LogP contribution in [-0.4, -0.2) is 88.6 Å². The predicted octanol–water partition coefficient (Wildman–Crippen LogP) is 9.80. The highest BCUT2D eigenvalue weighted by Gasteiger charge is 2.46. The van der Waals surface area contributed by atoms with Crippen molar-refractivity contribution in [3.05, 3.63) is 77.6 Å². The van der Waals surface area contributed by atoms with Crippen molar-refractivity contribution in [2.24, 2.45) is 13.0 Å². The van der Waals surface area contributed by atoms with Crippen LogP contribution in [-0.2, 0) is 35.2 Å². The van der Waals surface area contributed by atoms with Crippen LogP contribution in [0.25, 0.3) is 17.1 Å². The summed E-state index contributed by atoms with van der Waals surface area (Å²) in [5, 5.41) is 0.0646. The van der Waals surface area contributed by atoms with Crippen molar-refractivity contribution in [1.29, 1.82) is 0 Å². The summed E-state index contributed by atoms with van der Waals surface area (Å²) in [6, 6.07) is 11.5. The van der Waals surface area contributed by atoms with Gasteiger partial charge < -0.3 is 37.4 Å². The van der Waals surface area contributed by atoms with Crippen molar-refractivity contribution < 1.29 is 42.4 Å². The number of benzene rings is 2. The first kappa shape index (κ1) is 46.1. The number of carbonyl (C=O) groups is 2. The number of hydrogen-bond acceptors (Lipinski definition) is 10. The molecule has 1 saturated heterocycles. The van der Waals surface area contributed by atoms with Crippen LogP contribution in [0, 0.1) is 5.92 Å². The standard InChI is InChI=1S/C44H66N2O9Si2/c1-30(31(2)55-57(13,14)43(3,4)5)23-24-35(52-41(47)32-19-16-15-17-20-32)40-36(53-44(6,7)54-40)22-18-21-33-38(42(48)50-25-26-56(10,11)12)37(51-29-49-9)27-34-39(33)45-28-46(34)8/h15-21,23-24,27-28,30-31,35-36,40H,22,25-26,29H2,1-14H3/t30-,31+,35?,36+,40-/m1/s1. The Morgan fingerprint density at radius 1 is 1.02 bits per heavy atom. The van der Waals surface area contributed by atoms with Gasteiger partial charge in [0.25, 0.3) is 0 Å². The molecule has 0 aliphatic carbocycles. The lowest BCUT2D eigenvalue weighted by atomic mass is 9.99. The minimum absolute atomic E-state index is 0.0167. The summed E-state index contributed by atoms with van der Waals surface area (Å²) >= 11 is 0. The van der Waals surface area contributed by atoms with Gasteiger partial charge in [0, 0.05) is 40.0 Å². The summed E-state index contributed by atoms with van der Waals surface area (Å²) < 4.78 is 44.9. The number of fused-ring (bicyclic) bond motifs is 1. The van der Waals surface area contributed by atoms with E-state index in [0.29, 0.717) is 35.4 Å². The third-order valence-corrected chi connectivity index (χ3v) is 17.0. The SMILES string of the molecule is COCOc1cc2c(ncn2C)c(C=CC[C@@H]2OC(C)(C)O[C@@H]2C(C=C[C@@H](C)[C@H](C)O[Si](C)(C)C(C)(C)C)OC(=O)c2ccccc2)c1C(=O)OCC[Si](C)(C)C. The van der Waals surface area contributed by atoms with Gasteiger partial charge in [-0.25, -0.2) is 14.6 Å². The molecular formula is C44H66N2O9Si2. The van der Waals surface area contributed by atoms with Crippen LogP contribution in [0.5, 0.6) is 5.75 Å². The van der Waals surface area contributed by atoms with Crippen LogP contribution < -0.4 is 4.74 Å². The van der Waals surface area contributed by atoms with Gasteiger partial charge in [0.05, 0.1) is 35.6 Å². The zero-order valence-corrected chi connectivity index (χ0v) is 38.6. The molecule has 0 amide bonds. The van der Waals surface area contributed by atoms with Gasteiger partial charge in [-0.2, -0.15) is 0 Å². The highest BCUT2D eigenvalue weighted by Crippen LogP contribution is 2.39. The molecule has 2 heterocycles. The number of nitrogens with zero attached hydrogens (tertiary/aromatic N) is 2. The van der Waals surface area contributed by atoms with E-state index in [0.717, 1.165) is 11.6 Å². The summed E-state index contributed by atoms with van der Waals surface area (Å²) in [7, 11) is -0.0797. The van der Waals surface area contributed by atoms with Gasteiger partial charge in [0.15, 0.2) is 20.9 Å². The van der Waals surface area contributed by atoms with E-state index < -0.39 is 52.4 Å². The van der Waals surface area contributed by atoms with Crippen molar-refractivity contribution in [1.82, 2.24) is 9.55 Å². The van der Waals surface area contributed by atoms with E-state index in [1.54, 1.807) is 36.7 Å². The second kappa shape index (κ2) is 19.0. The van der Waals surface area contributed by atoms with Crippen LogP contribution in [0.15, 0.2) is 61.0 Å². The van der Waals surface area contributed by atoms with Crippen molar-refractivity contribution in [3.63, 3.8) is 0 Å². The van der Waals surface area contributed by atoms with Crippen molar-refractivity contribution in [2.45, 2.75) is 129 Å². The lowest BCUT2D eigenvalue weighted by molar-refractivity contribution is -0.152. The van der Waals surface area contributed by atoms with E-state index in [1.807, 2.05) is 55.8 Å². The maximum Gasteiger partial charge on any atom is 0.342 e. The maximum absolute atomic E-state index is 13.8. The number of hydrogen-bond donors (Lipinski definition) is 0. The molecule has 0 bridgehead atoms. The lowest BCUT2D eigenvalue weighted by Gasteiger charge is -2.39. The first-order valence-electron chi connectivity index (χ1n) is 19.9. The predicted molar refractivity (Wildman–Crippen MR) is 231 cm³/mol. The summed E-state index contributed by atoms with van der Waals surface area (Å²) in [4.78, 5) is 32.1. The van der Waals surface area contributed by atoms with Crippen LogP contribution in [0.2, 0.25) is 43.8 Å². The van der Waals surface area contributed by atoms with Crippen LogP contribution in [0.3, 0.4) is 0 Å². The third-order valence-electron chi connectivity index (χ3n) is 10.7. The molecule has 0 saturated carbocycles. The first-order chi connectivity index (χ1) is 26.5. The normalized spacial score (nSPS) is 19.3. The molecule has 0 N–H and O–H groups in total. The number of imidazole rings is 1. The van der Waals surface area contributed by atoms with Gasteiger partial charge in [-0.3, -0.25) is 0 Å². The molecule has 13 heteroatoms. The van der Waals surface area contributed by atoms with E-state index >= 15 is 0 Å². The largest absolute Gasteiger partial charge is 0.467 e. The fraction of sp³-hybridized carbons (Fsp3) is 0.568. The molecule has 1 unspecified atom stereocenters. The summed E-state index contributed by atoms with van der Waals surface area (Å²) in [6.45, 7) is 26.0. The minimum Gasteiger partial charge on any atom is -0.467 e. The lowest BCUT2D eigenvalue weighted by Crippen LogP contribution is -2.44. The zero-order valence-electron chi connectivity index (χ0n) is 36.6. The third kappa shape index (κ3) is 12.5. The van der Waals surface area contributed by atoms with Gasteiger partial charge >= 0.3 is 11.9 Å². The van der Waals surface area contributed by atoms with Crippen molar-refractivity contribution in [3.8, 4) is 5.75 Å². The summed E-state index contributed by atoms with van der Waals surface area (Å²) in [5.41, 5.74) is 2.66. The second-order valence-corrected chi connectivity index (χ2v) is 28.6. The van der Waals surface area contributed by atoms with E-state index in [4.69, 9.17) is 32.8 Å². The Balaban J connectivity index is 1.70. The van der Waals surface area contributed by atoms with Crippen molar-refractivity contribution >= 4 is 45.4 Å². The first-order valence-corrected chi connectivity index (χ1v) is 26.6. The molecule has 2 aromatic carbocycles. The molecule has 57 heavy (non-hydrogen) atoms. The molecule has 4 rings (SSSR count). The van der Waals surface area contributed by atoms with E-state index in [9.17, 15) is 9.59 Å². The number of methoxy groups -OCH3 is 1. The van der Waals surface area contributed by atoms with Crippen LogP contribution in [0.1, 0.15) is 81.2 Å². The average Bonchev–Trinajstić information content (AvgIpc) is 3.64. The minimum atomic E-state index is -2.03. The second-order valence-electron chi connectivity index (χ2n) is 18.2. The highest BCUT2D eigenvalue weighted by molar-refractivity contribution is 6.76. The summed E-state index contributed by atoms with van der Waals surface area (Å²) in [6.07, 6.45) is 7.78. The van der Waals surface area contributed by atoms with Gasteiger partial charge in [0.1, 0.15) is 23.5 Å². The Morgan fingerprint density at radius 3 is 2.33 bits per heavy atom. The smallest absolute Gasteiger partial charge is 0.342 e. The number of aryl methyl sites for hydroxylation is 1. The molecule has 1 fully saturated rings. The fourth-order valence-corrected chi connectivity index (χ4v) is 8.42. The number of rotatable bonds is 18. The average molecular weight is 823 g/mol. The summed E-state index contributed by atoms with van der Waals surface area (Å²) in [5.74, 6) is -1.57. The van der Waals surface area contributed by atoms with Gasteiger partial charge in [0.2, 0.25) is 0 Å². The molecule has 0 spiro atoms. The zero-order chi connectivity index (χ0) is 42.3. The Morgan fingerprint density at radius 2 is 1.70 bits per heavy atom. The molecule has 0 radical (unpaired) electrons. The topological polar surface area (TPSA) is 117 Å². The number of carbonyl (C=O) groups excluding carboxylic acids is 2. The number of ether oxygens (including phenoxy) is 6. The Labute approximate surface area is 342 Å². The molecule has 314 valence electrons. The Hall–Kier alpha value is -3.60. The van der Waals surface area contributed by atoms with Gasteiger partial charge in [-0.1, -0.05) is 83.8 Å². The number of aromatic nitrogens is 2. The monoisotopic (exact) mass is 822 g/mol. The van der Waals surface area contributed by atoms with Crippen molar-refractivity contribution in [2.75, 3.05) is 20.5 Å². The molecule has 1 aliphatic rings. The molecule has 1 aliphatic heterocycles. The van der Waals surface area contributed by atoms with Gasteiger partial charge in [-0.05, 0) is 75.5 Å². The molecule has 3 aromatic rings. The quantitative estimate of drug-likeness (QED) is 0.0531. The van der Waals surface area contributed by atoms with Crippen LogP contribution >= 0.6 is 0 Å². The molecular weight excluding hydrogens is 757 g/mol. The molecule has 1 aromatic heterocycles. The van der Waals surface area contributed by atoms with Gasteiger partial charge in [-0.15, -0.1) is 0 Å². The van der Waals surface area contributed by atoms with Crippen LogP contribution in [0.4, 0.5) is 0 Å². The molecule has 11 nitrogen and oxygen atoms in total. The molecule has 5 atom stereocenters. The van der Waals surface area contributed by atoms with E-state index in [1.165, 1.54) is 7.11 Å². The number of esters is 2. The van der Waals surface area contributed by atoms with E-state index in [2.05, 4.69) is 72.3 Å².